The summed E-state index contributed by atoms with van der Waals surface area (Å²) in [5.74, 6) is 1.34. The molecule has 0 heterocycles. The van der Waals surface area contributed by atoms with E-state index in [0.29, 0.717) is 0 Å². The Morgan fingerprint density at radius 2 is 1.64 bits per heavy atom. The molecule has 1 aliphatic rings. The van der Waals surface area contributed by atoms with Crippen molar-refractivity contribution in [2.45, 2.75) is 58.9 Å². The molecule has 0 aromatic rings. The quantitative estimate of drug-likeness (QED) is 0.688. The molecule has 2 nitrogen and oxygen atoms in total. The van der Waals surface area contributed by atoms with E-state index in [1.165, 1.54) is 12.8 Å². The summed E-state index contributed by atoms with van der Waals surface area (Å²) in [5, 5.41) is 3.06. The predicted octanol–water partition coefficient (Wildman–Crippen LogP) is 2.73. The number of rotatable bonds is 1. The van der Waals surface area contributed by atoms with Gasteiger partial charge in [-0.05, 0) is 52.4 Å². The third-order valence-electron chi connectivity index (χ3n) is 2.88. The van der Waals surface area contributed by atoms with E-state index in [4.69, 9.17) is 0 Å². The van der Waals surface area contributed by atoms with Gasteiger partial charge in [0.05, 0.1) is 0 Å². The Labute approximate surface area is 87.5 Å². The molecule has 0 aromatic carbocycles. The van der Waals surface area contributed by atoms with E-state index < -0.39 is 0 Å². The minimum Gasteiger partial charge on any atom is -0.351 e. The number of nitrogens with one attached hydrogen (secondary N) is 1. The largest absolute Gasteiger partial charge is 0.351 e. The van der Waals surface area contributed by atoms with Crippen molar-refractivity contribution in [3.63, 3.8) is 0 Å². The van der Waals surface area contributed by atoms with Gasteiger partial charge < -0.3 is 5.32 Å². The van der Waals surface area contributed by atoms with Gasteiger partial charge in [0, 0.05) is 11.5 Å². The summed E-state index contributed by atoms with van der Waals surface area (Å²) in [6, 6.07) is 0. The zero-order valence-electron chi connectivity index (χ0n) is 9.89. The second-order valence-electron chi connectivity index (χ2n) is 5.70. The lowest BCUT2D eigenvalue weighted by molar-refractivity contribution is -0.127. The summed E-state index contributed by atoms with van der Waals surface area (Å²) in [6.45, 7) is 8.39. The SMILES string of the molecule is CC(C)(C)NC(=O)[C@H]1CC[C@H](C)CC1. The molecule has 1 saturated carbocycles. The first kappa shape index (κ1) is 11.5. The summed E-state index contributed by atoms with van der Waals surface area (Å²) in [7, 11) is 0. The van der Waals surface area contributed by atoms with Crippen molar-refractivity contribution in [1.29, 1.82) is 0 Å². The smallest absolute Gasteiger partial charge is 0.223 e. The lowest BCUT2D eigenvalue weighted by Gasteiger charge is -2.29. The molecule has 0 radical (unpaired) electrons. The number of carbonyl (C=O) groups is 1. The Kier molecular flexibility index (Phi) is 3.57. The van der Waals surface area contributed by atoms with E-state index in [1.807, 2.05) is 20.8 Å². The van der Waals surface area contributed by atoms with Crippen molar-refractivity contribution < 1.29 is 4.79 Å². The molecule has 82 valence electrons. The molecule has 0 aromatic heterocycles. The molecule has 0 bridgehead atoms. The van der Waals surface area contributed by atoms with Gasteiger partial charge >= 0.3 is 0 Å². The molecule has 14 heavy (non-hydrogen) atoms. The predicted molar refractivity (Wildman–Crippen MR) is 59.0 cm³/mol. The fourth-order valence-corrected chi connectivity index (χ4v) is 1.99. The zero-order chi connectivity index (χ0) is 10.8. The summed E-state index contributed by atoms with van der Waals surface area (Å²) in [5.41, 5.74) is -0.0832. The minimum atomic E-state index is -0.0832. The Balaban J connectivity index is 2.38. The van der Waals surface area contributed by atoms with Gasteiger partial charge in [-0.15, -0.1) is 0 Å². The fourth-order valence-electron chi connectivity index (χ4n) is 1.99. The average molecular weight is 197 g/mol. The minimum absolute atomic E-state index is 0.0832. The van der Waals surface area contributed by atoms with Crippen LogP contribution >= 0.6 is 0 Å². The van der Waals surface area contributed by atoms with Crippen molar-refractivity contribution >= 4 is 5.91 Å². The van der Waals surface area contributed by atoms with E-state index in [1.54, 1.807) is 0 Å². The molecule has 1 rings (SSSR count). The van der Waals surface area contributed by atoms with E-state index in [9.17, 15) is 4.79 Å². The van der Waals surface area contributed by atoms with Crippen molar-refractivity contribution in [1.82, 2.24) is 5.32 Å². The molecule has 1 amide bonds. The van der Waals surface area contributed by atoms with E-state index in [0.717, 1.165) is 18.8 Å². The van der Waals surface area contributed by atoms with Crippen LogP contribution in [0.1, 0.15) is 53.4 Å². The monoisotopic (exact) mass is 197 g/mol. The second-order valence-corrected chi connectivity index (χ2v) is 5.70. The molecule has 0 unspecified atom stereocenters. The number of carbonyl (C=O) groups excluding carboxylic acids is 1. The van der Waals surface area contributed by atoms with Gasteiger partial charge in [-0.1, -0.05) is 6.92 Å². The number of hydrogen-bond donors (Lipinski definition) is 1. The Bertz CT molecular complexity index is 197. The van der Waals surface area contributed by atoms with Crippen LogP contribution in [0.3, 0.4) is 0 Å². The highest BCUT2D eigenvalue weighted by Gasteiger charge is 2.26. The molecule has 0 spiro atoms. The number of hydrogen-bond acceptors (Lipinski definition) is 1. The van der Waals surface area contributed by atoms with Crippen LogP contribution in [0, 0.1) is 11.8 Å². The molecule has 1 aliphatic carbocycles. The van der Waals surface area contributed by atoms with Gasteiger partial charge in [0.15, 0.2) is 0 Å². The van der Waals surface area contributed by atoms with Crippen LogP contribution in [0.2, 0.25) is 0 Å². The van der Waals surface area contributed by atoms with Crippen LogP contribution in [-0.2, 0) is 4.79 Å². The molecule has 0 saturated heterocycles. The maximum absolute atomic E-state index is 11.8. The molecular formula is C12H23NO. The lowest BCUT2D eigenvalue weighted by atomic mass is 9.82. The fraction of sp³-hybridized carbons (Fsp3) is 0.917. The molecule has 2 heteroatoms. The Hall–Kier alpha value is -0.530. The number of amides is 1. The standard InChI is InChI=1S/C12H23NO/c1-9-5-7-10(8-6-9)11(14)13-12(2,3)4/h9-10H,5-8H2,1-4H3,(H,13,14)/t9-,10-. The van der Waals surface area contributed by atoms with Crippen LogP contribution in [0.15, 0.2) is 0 Å². The normalized spacial score (nSPS) is 28.6. The van der Waals surface area contributed by atoms with Crippen LogP contribution in [0.4, 0.5) is 0 Å². The zero-order valence-corrected chi connectivity index (χ0v) is 9.89. The van der Waals surface area contributed by atoms with Crippen LogP contribution in [0.25, 0.3) is 0 Å². The summed E-state index contributed by atoms with van der Waals surface area (Å²) < 4.78 is 0. The van der Waals surface area contributed by atoms with Gasteiger partial charge in [0.2, 0.25) is 5.91 Å². The first-order valence-corrected chi connectivity index (χ1v) is 5.70. The van der Waals surface area contributed by atoms with Crippen molar-refractivity contribution in [2.24, 2.45) is 11.8 Å². The van der Waals surface area contributed by atoms with Crippen molar-refractivity contribution in [3.05, 3.63) is 0 Å². The second kappa shape index (κ2) is 4.33. The maximum Gasteiger partial charge on any atom is 0.223 e. The van der Waals surface area contributed by atoms with Gasteiger partial charge in [0.1, 0.15) is 0 Å². The highest BCUT2D eigenvalue weighted by atomic mass is 16.2. The van der Waals surface area contributed by atoms with Gasteiger partial charge in [-0.25, -0.2) is 0 Å². The molecule has 1 N–H and O–H groups in total. The Morgan fingerprint density at radius 3 is 2.07 bits per heavy atom. The first-order chi connectivity index (χ1) is 6.38. The Morgan fingerprint density at radius 1 is 1.14 bits per heavy atom. The third kappa shape index (κ3) is 3.69. The van der Waals surface area contributed by atoms with Crippen molar-refractivity contribution in [3.8, 4) is 0 Å². The van der Waals surface area contributed by atoms with Gasteiger partial charge in [-0.3, -0.25) is 4.79 Å². The molecule has 0 atom stereocenters. The van der Waals surface area contributed by atoms with Crippen LogP contribution in [0.5, 0.6) is 0 Å². The van der Waals surface area contributed by atoms with Crippen LogP contribution < -0.4 is 5.32 Å². The average Bonchev–Trinajstić information content (AvgIpc) is 2.02. The summed E-state index contributed by atoms with van der Waals surface area (Å²) >= 11 is 0. The highest BCUT2D eigenvalue weighted by Crippen LogP contribution is 2.28. The molecular weight excluding hydrogens is 174 g/mol. The highest BCUT2D eigenvalue weighted by molar-refractivity contribution is 5.79. The first-order valence-electron chi connectivity index (χ1n) is 5.70. The van der Waals surface area contributed by atoms with Gasteiger partial charge in [0.25, 0.3) is 0 Å². The van der Waals surface area contributed by atoms with Crippen molar-refractivity contribution in [2.75, 3.05) is 0 Å². The van der Waals surface area contributed by atoms with Crippen LogP contribution in [-0.4, -0.2) is 11.4 Å². The lowest BCUT2D eigenvalue weighted by Crippen LogP contribution is -2.44. The third-order valence-corrected chi connectivity index (χ3v) is 2.88. The topological polar surface area (TPSA) is 29.1 Å². The summed E-state index contributed by atoms with van der Waals surface area (Å²) in [6.07, 6.45) is 4.57. The molecule has 0 aliphatic heterocycles. The summed E-state index contributed by atoms with van der Waals surface area (Å²) in [4.78, 5) is 11.8. The molecule has 1 fully saturated rings. The van der Waals surface area contributed by atoms with E-state index in [-0.39, 0.29) is 17.4 Å². The van der Waals surface area contributed by atoms with Gasteiger partial charge in [-0.2, -0.15) is 0 Å². The van der Waals surface area contributed by atoms with E-state index in [2.05, 4.69) is 12.2 Å². The maximum atomic E-state index is 11.8. The van der Waals surface area contributed by atoms with E-state index >= 15 is 0 Å².